The highest BCUT2D eigenvalue weighted by molar-refractivity contribution is 5.84. The van der Waals surface area contributed by atoms with Gasteiger partial charge in [0.2, 0.25) is 5.91 Å². The van der Waals surface area contributed by atoms with Crippen LogP contribution in [0.1, 0.15) is 26.7 Å². The molecule has 1 N–H and O–H groups in total. The Morgan fingerprint density at radius 2 is 2.43 bits per heavy atom. The molecule has 0 aromatic rings. The van der Waals surface area contributed by atoms with Gasteiger partial charge in [0.15, 0.2) is 0 Å². The van der Waals surface area contributed by atoms with Gasteiger partial charge in [0.1, 0.15) is 0 Å². The molecule has 3 atom stereocenters. The Hall–Kier alpha value is -0.610. The van der Waals surface area contributed by atoms with Gasteiger partial charge in [-0.1, -0.05) is 6.92 Å². The minimum Gasteiger partial charge on any atom is -0.376 e. The number of carbonyl (C=O) groups is 1. The Morgan fingerprint density at radius 3 is 2.93 bits per heavy atom. The van der Waals surface area contributed by atoms with E-state index in [0.29, 0.717) is 6.67 Å². The Morgan fingerprint density at radius 1 is 1.64 bits per heavy atom. The molecule has 2 rings (SSSR count). The molecule has 4 nitrogen and oxygen atoms in total. The number of nitrogens with zero attached hydrogens (tertiary/aromatic N) is 1. The van der Waals surface area contributed by atoms with Crippen molar-refractivity contribution in [1.82, 2.24) is 10.2 Å². The molecule has 2 heterocycles. The fourth-order valence-corrected chi connectivity index (χ4v) is 2.30. The molecule has 0 aromatic carbocycles. The molecule has 0 saturated carbocycles. The van der Waals surface area contributed by atoms with Crippen LogP contribution in [-0.4, -0.2) is 42.3 Å². The van der Waals surface area contributed by atoms with Crippen LogP contribution in [0.25, 0.3) is 0 Å². The number of rotatable bonds is 2. The molecule has 0 radical (unpaired) electrons. The molecular weight excluding hydrogens is 180 g/mol. The van der Waals surface area contributed by atoms with Crippen LogP contribution in [0.5, 0.6) is 0 Å². The normalized spacial score (nSPS) is 38.3. The van der Waals surface area contributed by atoms with Crippen LogP contribution < -0.4 is 5.32 Å². The Bertz CT molecular complexity index is 232. The summed E-state index contributed by atoms with van der Waals surface area (Å²) in [4.78, 5) is 13.8. The van der Waals surface area contributed by atoms with Crippen LogP contribution in [-0.2, 0) is 9.53 Å². The average molecular weight is 198 g/mol. The van der Waals surface area contributed by atoms with Crippen molar-refractivity contribution in [1.29, 1.82) is 0 Å². The van der Waals surface area contributed by atoms with Crippen molar-refractivity contribution in [3.63, 3.8) is 0 Å². The largest absolute Gasteiger partial charge is 0.376 e. The first-order valence-corrected chi connectivity index (χ1v) is 5.39. The number of ether oxygens (including phenoxy) is 1. The third-order valence-corrected chi connectivity index (χ3v) is 3.23. The third kappa shape index (κ3) is 1.53. The van der Waals surface area contributed by atoms with E-state index >= 15 is 0 Å². The Labute approximate surface area is 84.6 Å². The maximum atomic E-state index is 11.9. The molecule has 0 aliphatic carbocycles. The zero-order valence-electron chi connectivity index (χ0n) is 8.82. The van der Waals surface area contributed by atoms with E-state index in [0.717, 1.165) is 19.4 Å². The molecule has 0 aromatic heterocycles. The second-order valence-electron chi connectivity index (χ2n) is 4.06. The summed E-state index contributed by atoms with van der Waals surface area (Å²) in [6, 6.07) is 0.314. The van der Waals surface area contributed by atoms with Gasteiger partial charge in [0.25, 0.3) is 0 Å². The molecule has 2 saturated heterocycles. The highest BCUT2D eigenvalue weighted by Gasteiger charge is 2.38. The topological polar surface area (TPSA) is 41.6 Å². The zero-order chi connectivity index (χ0) is 10.1. The lowest BCUT2D eigenvalue weighted by Crippen LogP contribution is -2.42. The van der Waals surface area contributed by atoms with Crippen molar-refractivity contribution >= 4 is 5.91 Å². The summed E-state index contributed by atoms with van der Waals surface area (Å²) < 4.78 is 5.47. The lowest BCUT2D eigenvalue weighted by molar-refractivity contribution is -0.131. The maximum absolute atomic E-state index is 11.9. The number of carbonyl (C=O) groups excluding carboxylic acids is 1. The molecule has 3 unspecified atom stereocenters. The van der Waals surface area contributed by atoms with Gasteiger partial charge in [0, 0.05) is 6.61 Å². The van der Waals surface area contributed by atoms with Crippen molar-refractivity contribution < 1.29 is 9.53 Å². The van der Waals surface area contributed by atoms with E-state index in [-0.39, 0.29) is 24.1 Å². The quantitative estimate of drug-likeness (QED) is 0.695. The average Bonchev–Trinajstić information content (AvgIpc) is 2.72. The first-order valence-electron chi connectivity index (χ1n) is 5.39. The van der Waals surface area contributed by atoms with Crippen LogP contribution in [0.15, 0.2) is 0 Å². The van der Waals surface area contributed by atoms with Gasteiger partial charge in [-0.15, -0.1) is 0 Å². The molecular formula is C10H18N2O2. The fraction of sp³-hybridized carbons (Fsp3) is 0.900. The molecule has 0 spiro atoms. The Kier molecular flexibility index (Phi) is 2.74. The third-order valence-electron chi connectivity index (χ3n) is 3.23. The van der Waals surface area contributed by atoms with E-state index in [2.05, 4.69) is 5.32 Å². The van der Waals surface area contributed by atoms with Crippen LogP contribution in [0.3, 0.4) is 0 Å². The number of amides is 1. The highest BCUT2D eigenvalue weighted by atomic mass is 16.5. The van der Waals surface area contributed by atoms with Crippen LogP contribution >= 0.6 is 0 Å². The second-order valence-corrected chi connectivity index (χ2v) is 4.06. The molecule has 80 valence electrons. The molecule has 14 heavy (non-hydrogen) atoms. The zero-order valence-corrected chi connectivity index (χ0v) is 8.82. The molecule has 2 aliphatic rings. The van der Waals surface area contributed by atoms with Crippen molar-refractivity contribution in [2.24, 2.45) is 0 Å². The van der Waals surface area contributed by atoms with Gasteiger partial charge in [-0.3, -0.25) is 10.1 Å². The summed E-state index contributed by atoms with van der Waals surface area (Å²) in [5, 5.41) is 3.22. The lowest BCUT2D eigenvalue weighted by Gasteiger charge is -2.25. The van der Waals surface area contributed by atoms with Crippen LogP contribution in [0.4, 0.5) is 0 Å². The van der Waals surface area contributed by atoms with E-state index in [4.69, 9.17) is 4.74 Å². The predicted octanol–water partition coefficient (Wildman–Crippen LogP) is 0.332. The summed E-state index contributed by atoms with van der Waals surface area (Å²) >= 11 is 0. The van der Waals surface area contributed by atoms with Gasteiger partial charge in [0.05, 0.1) is 24.9 Å². The van der Waals surface area contributed by atoms with E-state index in [9.17, 15) is 4.79 Å². The van der Waals surface area contributed by atoms with Crippen molar-refractivity contribution in [2.45, 2.75) is 44.9 Å². The van der Waals surface area contributed by atoms with Crippen molar-refractivity contribution in [2.75, 3.05) is 13.3 Å². The molecule has 2 aliphatic heterocycles. The standard InChI is InChI=1S/C10H18N2O2/c1-3-8-10(13)12(6-11-8)9-4-5-14-7(9)2/h7-9,11H,3-6H2,1-2H3. The van der Waals surface area contributed by atoms with Crippen LogP contribution in [0, 0.1) is 0 Å². The van der Waals surface area contributed by atoms with E-state index in [1.807, 2.05) is 18.7 Å². The monoisotopic (exact) mass is 198 g/mol. The lowest BCUT2D eigenvalue weighted by atomic mass is 10.1. The van der Waals surface area contributed by atoms with E-state index in [1.165, 1.54) is 0 Å². The molecule has 4 heteroatoms. The Balaban J connectivity index is 2.02. The van der Waals surface area contributed by atoms with Gasteiger partial charge >= 0.3 is 0 Å². The number of nitrogens with one attached hydrogen (secondary N) is 1. The summed E-state index contributed by atoms with van der Waals surface area (Å²) in [5.74, 6) is 0.245. The van der Waals surface area contributed by atoms with Gasteiger partial charge < -0.3 is 9.64 Å². The summed E-state index contributed by atoms with van der Waals surface area (Å²) in [6.07, 6.45) is 2.04. The first-order chi connectivity index (χ1) is 6.74. The molecule has 2 fully saturated rings. The maximum Gasteiger partial charge on any atom is 0.241 e. The van der Waals surface area contributed by atoms with Crippen LogP contribution in [0.2, 0.25) is 0 Å². The van der Waals surface area contributed by atoms with E-state index in [1.54, 1.807) is 0 Å². The molecule has 1 amide bonds. The SMILES string of the molecule is CCC1NCN(C2CCOC2C)C1=O. The van der Waals surface area contributed by atoms with Crippen molar-refractivity contribution in [3.8, 4) is 0 Å². The minimum absolute atomic E-state index is 0.0304. The minimum atomic E-state index is 0.0304. The second kappa shape index (κ2) is 3.87. The van der Waals surface area contributed by atoms with Gasteiger partial charge in [-0.05, 0) is 19.8 Å². The number of hydrogen-bond acceptors (Lipinski definition) is 3. The van der Waals surface area contributed by atoms with Crippen molar-refractivity contribution in [3.05, 3.63) is 0 Å². The number of hydrogen-bond donors (Lipinski definition) is 1. The smallest absolute Gasteiger partial charge is 0.241 e. The fourth-order valence-electron chi connectivity index (χ4n) is 2.30. The first kappa shape index (κ1) is 9.93. The van der Waals surface area contributed by atoms with E-state index < -0.39 is 0 Å². The molecule has 0 bridgehead atoms. The summed E-state index contributed by atoms with van der Waals surface area (Å²) in [5.41, 5.74) is 0. The summed E-state index contributed by atoms with van der Waals surface area (Å²) in [7, 11) is 0. The highest BCUT2D eigenvalue weighted by Crippen LogP contribution is 2.22. The predicted molar refractivity (Wildman–Crippen MR) is 52.7 cm³/mol. The van der Waals surface area contributed by atoms with Gasteiger partial charge in [-0.2, -0.15) is 0 Å². The summed E-state index contributed by atoms with van der Waals surface area (Å²) in [6.45, 7) is 5.56. The van der Waals surface area contributed by atoms with Gasteiger partial charge in [-0.25, -0.2) is 0 Å².